The maximum absolute atomic E-state index is 11.9. The number of amides is 1. The molecule has 1 saturated heterocycles. The normalized spacial score (nSPS) is 23.2. The molecule has 0 bridgehead atoms. The summed E-state index contributed by atoms with van der Waals surface area (Å²) in [7, 11) is -0.741. The van der Waals surface area contributed by atoms with Gasteiger partial charge in [0.25, 0.3) is 0 Å². The fourth-order valence-electron chi connectivity index (χ4n) is 1.35. The second-order valence-corrected chi connectivity index (χ2v) is 5.61. The molecule has 1 atom stereocenters. The highest BCUT2D eigenvalue weighted by atomic mass is 32.2. The summed E-state index contributed by atoms with van der Waals surface area (Å²) in [6.45, 7) is 4.82. The molecule has 1 unspecified atom stereocenters. The van der Waals surface area contributed by atoms with Gasteiger partial charge in [-0.2, -0.15) is 0 Å². The lowest BCUT2D eigenvalue weighted by Gasteiger charge is -2.33. The van der Waals surface area contributed by atoms with E-state index in [9.17, 15) is 9.00 Å². The minimum absolute atomic E-state index is 0.0169. The zero-order valence-corrected chi connectivity index (χ0v) is 9.60. The third-order valence-electron chi connectivity index (χ3n) is 2.69. The molecule has 1 aliphatic heterocycles. The Balaban J connectivity index is 2.58. The molecule has 1 aliphatic rings. The lowest BCUT2D eigenvalue weighted by molar-refractivity contribution is -0.136. The molecule has 1 amide bonds. The Labute approximate surface area is 87.3 Å². The fraction of sp³-hybridized carbons (Fsp3) is 0.889. The highest BCUT2D eigenvalue weighted by Crippen LogP contribution is 2.11. The molecule has 0 aromatic rings. The van der Waals surface area contributed by atoms with Crippen LogP contribution in [0, 0.1) is 0 Å². The molecule has 1 fully saturated rings. The second-order valence-electron chi connectivity index (χ2n) is 3.91. The van der Waals surface area contributed by atoms with Crippen molar-refractivity contribution in [2.24, 2.45) is 5.73 Å². The topological polar surface area (TPSA) is 63.4 Å². The van der Waals surface area contributed by atoms with Gasteiger partial charge in [-0.05, 0) is 13.3 Å². The van der Waals surface area contributed by atoms with Gasteiger partial charge in [0.2, 0.25) is 5.91 Å². The number of hydrogen-bond acceptors (Lipinski definition) is 3. The molecule has 0 saturated carbocycles. The maximum Gasteiger partial charge on any atom is 0.242 e. The average Bonchev–Trinajstić information content (AvgIpc) is 2.18. The maximum atomic E-state index is 11.9. The molecule has 0 aliphatic carbocycles. The van der Waals surface area contributed by atoms with Crippen molar-refractivity contribution in [3.8, 4) is 0 Å². The van der Waals surface area contributed by atoms with Crippen molar-refractivity contribution in [3.63, 3.8) is 0 Å². The van der Waals surface area contributed by atoms with E-state index >= 15 is 0 Å². The Bertz CT molecular complexity index is 243. The molecular weight excluding hydrogens is 200 g/mol. The largest absolute Gasteiger partial charge is 0.339 e. The van der Waals surface area contributed by atoms with Crippen molar-refractivity contribution in [1.29, 1.82) is 0 Å². The molecule has 1 heterocycles. The van der Waals surface area contributed by atoms with Gasteiger partial charge in [0, 0.05) is 35.4 Å². The highest BCUT2D eigenvalue weighted by Gasteiger charge is 2.32. The average molecular weight is 218 g/mol. The standard InChI is InChI=1S/C9H18N2O2S/c1-3-9(2,10)8(12)11-4-6-14(13)7-5-11/h3-7,10H2,1-2H3. The SMILES string of the molecule is CCC(C)(N)C(=O)N1CCS(=O)CC1. The van der Waals surface area contributed by atoms with Crippen LogP contribution in [0.1, 0.15) is 20.3 Å². The van der Waals surface area contributed by atoms with Gasteiger partial charge in [0.1, 0.15) is 0 Å². The predicted octanol–water partition coefficient (Wildman–Crippen LogP) is -0.295. The van der Waals surface area contributed by atoms with E-state index in [0.717, 1.165) is 0 Å². The van der Waals surface area contributed by atoms with Crippen molar-refractivity contribution in [2.45, 2.75) is 25.8 Å². The number of rotatable bonds is 2. The van der Waals surface area contributed by atoms with Crippen LogP contribution in [0.2, 0.25) is 0 Å². The van der Waals surface area contributed by atoms with Crippen molar-refractivity contribution >= 4 is 16.7 Å². The molecule has 5 heteroatoms. The van der Waals surface area contributed by atoms with Crippen LogP contribution in [0.4, 0.5) is 0 Å². The zero-order valence-electron chi connectivity index (χ0n) is 8.78. The number of nitrogens with zero attached hydrogens (tertiary/aromatic N) is 1. The third kappa shape index (κ3) is 2.54. The van der Waals surface area contributed by atoms with Gasteiger partial charge in [-0.15, -0.1) is 0 Å². The molecule has 0 aromatic heterocycles. The highest BCUT2D eigenvalue weighted by molar-refractivity contribution is 7.85. The molecule has 2 N–H and O–H groups in total. The minimum atomic E-state index is -0.765. The molecule has 82 valence electrons. The summed E-state index contributed by atoms with van der Waals surface area (Å²) in [5, 5.41) is 0. The molecule has 0 radical (unpaired) electrons. The number of hydrogen-bond donors (Lipinski definition) is 1. The summed E-state index contributed by atoms with van der Waals surface area (Å²) in [6, 6.07) is 0. The van der Waals surface area contributed by atoms with Crippen molar-refractivity contribution < 1.29 is 9.00 Å². The van der Waals surface area contributed by atoms with Gasteiger partial charge in [-0.3, -0.25) is 9.00 Å². The Hall–Kier alpha value is -0.420. The van der Waals surface area contributed by atoms with Crippen LogP contribution in [-0.4, -0.2) is 45.2 Å². The summed E-state index contributed by atoms with van der Waals surface area (Å²) in [4.78, 5) is 13.6. The van der Waals surface area contributed by atoms with E-state index in [1.165, 1.54) is 0 Å². The lowest BCUT2D eigenvalue weighted by atomic mass is 9.98. The molecule has 14 heavy (non-hydrogen) atoms. The number of carbonyl (C=O) groups excluding carboxylic acids is 1. The van der Waals surface area contributed by atoms with Crippen LogP contribution < -0.4 is 5.73 Å². The third-order valence-corrected chi connectivity index (χ3v) is 3.96. The van der Waals surface area contributed by atoms with Gasteiger partial charge in [-0.1, -0.05) is 6.92 Å². The zero-order chi connectivity index (χ0) is 10.8. The summed E-state index contributed by atoms with van der Waals surface area (Å²) in [5.41, 5.74) is 5.09. The van der Waals surface area contributed by atoms with Gasteiger partial charge >= 0.3 is 0 Å². The van der Waals surface area contributed by atoms with Gasteiger partial charge < -0.3 is 10.6 Å². The van der Waals surface area contributed by atoms with Crippen LogP contribution in [0.3, 0.4) is 0 Å². The quantitative estimate of drug-likeness (QED) is 0.692. The van der Waals surface area contributed by atoms with E-state index in [1.807, 2.05) is 6.92 Å². The van der Waals surface area contributed by atoms with Crippen molar-refractivity contribution in [1.82, 2.24) is 4.90 Å². The molecule has 0 spiro atoms. The first kappa shape index (κ1) is 11.7. The van der Waals surface area contributed by atoms with Crippen LogP contribution in [0.5, 0.6) is 0 Å². The van der Waals surface area contributed by atoms with E-state index < -0.39 is 16.3 Å². The fourth-order valence-corrected chi connectivity index (χ4v) is 2.41. The van der Waals surface area contributed by atoms with Gasteiger partial charge in [-0.25, -0.2) is 0 Å². The minimum Gasteiger partial charge on any atom is -0.339 e. The Morgan fingerprint density at radius 2 is 2.00 bits per heavy atom. The lowest BCUT2D eigenvalue weighted by Crippen LogP contribution is -2.55. The van der Waals surface area contributed by atoms with E-state index in [1.54, 1.807) is 11.8 Å². The van der Waals surface area contributed by atoms with E-state index in [2.05, 4.69) is 0 Å². The summed E-state index contributed by atoms with van der Waals surface area (Å²) in [6.07, 6.45) is 0.630. The van der Waals surface area contributed by atoms with E-state index in [0.29, 0.717) is 31.0 Å². The predicted molar refractivity (Wildman–Crippen MR) is 57.3 cm³/mol. The Morgan fingerprint density at radius 3 is 2.43 bits per heavy atom. The molecule has 4 nitrogen and oxygen atoms in total. The summed E-state index contributed by atoms with van der Waals surface area (Å²) < 4.78 is 11.1. The number of carbonyl (C=O) groups is 1. The van der Waals surface area contributed by atoms with Gasteiger partial charge in [0.15, 0.2) is 0 Å². The summed E-state index contributed by atoms with van der Waals surface area (Å²) in [5.74, 6) is 1.16. The van der Waals surface area contributed by atoms with Crippen LogP contribution in [-0.2, 0) is 15.6 Å². The molecular formula is C9H18N2O2S. The molecule has 0 aromatic carbocycles. The van der Waals surface area contributed by atoms with Crippen LogP contribution >= 0.6 is 0 Å². The first-order valence-corrected chi connectivity index (χ1v) is 6.39. The van der Waals surface area contributed by atoms with Crippen LogP contribution in [0.25, 0.3) is 0 Å². The van der Waals surface area contributed by atoms with Crippen molar-refractivity contribution in [2.75, 3.05) is 24.6 Å². The van der Waals surface area contributed by atoms with E-state index in [-0.39, 0.29) is 5.91 Å². The first-order valence-electron chi connectivity index (χ1n) is 4.90. The smallest absolute Gasteiger partial charge is 0.242 e. The van der Waals surface area contributed by atoms with E-state index in [4.69, 9.17) is 5.73 Å². The first-order chi connectivity index (χ1) is 6.47. The number of nitrogens with two attached hydrogens (primary N) is 1. The van der Waals surface area contributed by atoms with Crippen LogP contribution in [0.15, 0.2) is 0 Å². The Kier molecular flexibility index (Phi) is 3.66. The Morgan fingerprint density at radius 1 is 1.50 bits per heavy atom. The summed E-state index contributed by atoms with van der Waals surface area (Å²) >= 11 is 0. The van der Waals surface area contributed by atoms with Crippen molar-refractivity contribution in [3.05, 3.63) is 0 Å². The second kappa shape index (κ2) is 4.40. The van der Waals surface area contributed by atoms with Gasteiger partial charge in [0.05, 0.1) is 5.54 Å². The monoisotopic (exact) mass is 218 g/mol. The molecule has 1 rings (SSSR count).